The van der Waals surface area contributed by atoms with Crippen molar-refractivity contribution in [3.63, 3.8) is 0 Å². The molecule has 0 aliphatic heterocycles. The first-order valence-electron chi connectivity index (χ1n) is 8.22. The van der Waals surface area contributed by atoms with E-state index in [4.69, 9.17) is 0 Å². The van der Waals surface area contributed by atoms with Crippen LogP contribution in [0.5, 0.6) is 0 Å². The molecule has 0 aliphatic carbocycles. The van der Waals surface area contributed by atoms with Crippen molar-refractivity contribution in [1.29, 1.82) is 0 Å². The average molecular weight is 368 g/mol. The van der Waals surface area contributed by atoms with Crippen LogP contribution >= 0.6 is 15.9 Å². The Morgan fingerprint density at radius 3 is 2.61 bits per heavy atom. The van der Waals surface area contributed by atoms with Crippen LogP contribution in [0.2, 0.25) is 0 Å². The minimum atomic E-state index is 0.883. The molecule has 0 aromatic heterocycles. The van der Waals surface area contributed by atoms with E-state index in [0.29, 0.717) is 0 Å². The Hall–Kier alpha value is -1.64. The summed E-state index contributed by atoms with van der Waals surface area (Å²) in [6.07, 6.45) is 2.32. The van der Waals surface area contributed by atoms with E-state index in [1.54, 1.807) is 0 Å². The molecule has 0 aliphatic rings. The second-order valence-corrected chi connectivity index (χ2v) is 6.82. The fourth-order valence-electron chi connectivity index (χ4n) is 3.07. The van der Waals surface area contributed by atoms with Gasteiger partial charge in [0.05, 0.1) is 0 Å². The van der Waals surface area contributed by atoms with Gasteiger partial charge >= 0.3 is 0 Å². The van der Waals surface area contributed by atoms with Crippen LogP contribution in [0, 0.1) is 0 Å². The van der Waals surface area contributed by atoms with Crippen molar-refractivity contribution < 1.29 is 0 Å². The number of benzene rings is 3. The third-order valence-electron chi connectivity index (χ3n) is 4.18. The number of halogens is 1. The fourth-order valence-corrected chi connectivity index (χ4v) is 3.52. The van der Waals surface area contributed by atoms with Gasteiger partial charge in [0.1, 0.15) is 0 Å². The molecule has 0 amide bonds. The monoisotopic (exact) mass is 367 g/mol. The van der Waals surface area contributed by atoms with Crippen molar-refractivity contribution in [3.8, 4) is 0 Å². The second-order valence-electron chi connectivity index (χ2n) is 5.91. The van der Waals surface area contributed by atoms with Gasteiger partial charge in [-0.05, 0) is 46.0 Å². The van der Waals surface area contributed by atoms with Crippen LogP contribution in [-0.2, 0) is 19.5 Å². The summed E-state index contributed by atoms with van der Waals surface area (Å²) < 4.78 is 1.13. The lowest BCUT2D eigenvalue weighted by atomic mass is 9.96. The third-order valence-corrected chi connectivity index (χ3v) is 4.67. The molecule has 0 bridgehead atoms. The van der Waals surface area contributed by atoms with Crippen LogP contribution in [0.15, 0.2) is 65.1 Å². The first kappa shape index (κ1) is 16.2. The van der Waals surface area contributed by atoms with E-state index in [1.807, 2.05) is 0 Å². The Morgan fingerprint density at radius 1 is 0.913 bits per heavy atom. The highest BCUT2D eigenvalue weighted by Crippen LogP contribution is 2.24. The summed E-state index contributed by atoms with van der Waals surface area (Å²) in [5.41, 5.74) is 4.21. The summed E-state index contributed by atoms with van der Waals surface area (Å²) in [5, 5.41) is 6.32. The van der Waals surface area contributed by atoms with Crippen molar-refractivity contribution in [1.82, 2.24) is 5.32 Å². The molecule has 3 aromatic carbocycles. The second kappa shape index (κ2) is 7.76. The summed E-state index contributed by atoms with van der Waals surface area (Å²) in [6, 6.07) is 21.7. The SMILES string of the molecule is CCCc1ccc2ccccc2c1CNCc1cccc(Br)c1. The van der Waals surface area contributed by atoms with E-state index in [0.717, 1.165) is 24.0 Å². The van der Waals surface area contributed by atoms with Crippen molar-refractivity contribution >= 4 is 26.7 Å². The topological polar surface area (TPSA) is 12.0 Å². The summed E-state index contributed by atoms with van der Waals surface area (Å²) in [7, 11) is 0. The van der Waals surface area contributed by atoms with Crippen LogP contribution in [-0.4, -0.2) is 0 Å². The molecule has 3 rings (SSSR count). The maximum Gasteiger partial charge on any atom is 0.0217 e. The molecule has 0 saturated heterocycles. The highest BCUT2D eigenvalue weighted by molar-refractivity contribution is 9.10. The molecule has 0 heterocycles. The molecule has 23 heavy (non-hydrogen) atoms. The molecule has 0 fully saturated rings. The van der Waals surface area contributed by atoms with Crippen molar-refractivity contribution in [2.45, 2.75) is 32.9 Å². The van der Waals surface area contributed by atoms with E-state index < -0.39 is 0 Å². The Labute approximate surface area is 146 Å². The molecule has 3 aromatic rings. The maximum atomic E-state index is 3.62. The van der Waals surface area contributed by atoms with E-state index in [-0.39, 0.29) is 0 Å². The van der Waals surface area contributed by atoms with Gasteiger partial charge in [-0.25, -0.2) is 0 Å². The zero-order valence-electron chi connectivity index (χ0n) is 13.5. The van der Waals surface area contributed by atoms with Crippen molar-refractivity contribution in [2.24, 2.45) is 0 Å². The summed E-state index contributed by atoms with van der Waals surface area (Å²) >= 11 is 3.54. The number of aryl methyl sites for hydroxylation is 1. The van der Waals surface area contributed by atoms with Gasteiger partial charge in [0.2, 0.25) is 0 Å². The predicted octanol–water partition coefficient (Wildman–Crippen LogP) is 5.84. The number of hydrogen-bond donors (Lipinski definition) is 1. The lowest BCUT2D eigenvalue weighted by Gasteiger charge is -2.14. The van der Waals surface area contributed by atoms with Crippen molar-refractivity contribution in [3.05, 3.63) is 81.8 Å². The third kappa shape index (κ3) is 4.01. The molecule has 1 nitrogen and oxygen atoms in total. The van der Waals surface area contributed by atoms with Gasteiger partial charge in [-0.15, -0.1) is 0 Å². The fraction of sp³-hybridized carbons (Fsp3) is 0.238. The Kier molecular flexibility index (Phi) is 5.47. The zero-order chi connectivity index (χ0) is 16.1. The van der Waals surface area contributed by atoms with Crippen molar-refractivity contribution in [2.75, 3.05) is 0 Å². The molecule has 2 heteroatoms. The minimum absolute atomic E-state index is 0.883. The van der Waals surface area contributed by atoms with Crippen LogP contribution in [0.4, 0.5) is 0 Å². The van der Waals surface area contributed by atoms with Crippen LogP contribution < -0.4 is 5.32 Å². The summed E-state index contributed by atoms with van der Waals surface area (Å²) in [4.78, 5) is 0. The smallest absolute Gasteiger partial charge is 0.0217 e. The van der Waals surface area contributed by atoms with Gasteiger partial charge in [0.15, 0.2) is 0 Å². The number of nitrogens with one attached hydrogen (secondary N) is 1. The van der Waals surface area contributed by atoms with Gasteiger partial charge < -0.3 is 5.32 Å². The standard InChI is InChI=1S/C21H22BrN/c1-2-6-17-11-12-18-8-3-4-10-20(18)21(17)15-23-14-16-7-5-9-19(22)13-16/h3-5,7-13,23H,2,6,14-15H2,1H3. The van der Waals surface area contributed by atoms with Gasteiger partial charge in [0.25, 0.3) is 0 Å². The average Bonchev–Trinajstić information content (AvgIpc) is 2.57. The zero-order valence-corrected chi connectivity index (χ0v) is 15.1. The first-order valence-corrected chi connectivity index (χ1v) is 9.02. The molecular formula is C21H22BrN. The molecule has 0 radical (unpaired) electrons. The van der Waals surface area contributed by atoms with E-state index in [9.17, 15) is 0 Å². The lowest BCUT2D eigenvalue weighted by molar-refractivity contribution is 0.689. The Bertz CT molecular complexity index is 795. The predicted molar refractivity (Wildman–Crippen MR) is 103 cm³/mol. The number of rotatable bonds is 6. The molecule has 0 atom stereocenters. The van der Waals surface area contributed by atoms with Crippen LogP contribution in [0.25, 0.3) is 10.8 Å². The van der Waals surface area contributed by atoms with Gasteiger partial charge in [0, 0.05) is 17.6 Å². The van der Waals surface area contributed by atoms with Gasteiger partial charge in [-0.1, -0.05) is 77.8 Å². The van der Waals surface area contributed by atoms with E-state index >= 15 is 0 Å². The quantitative estimate of drug-likeness (QED) is 0.576. The molecular weight excluding hydrogens is 346 g/mol. The molecule has 0 saturated carbocycles. The number of fused-ring (bicyclic) bond motifs is 1. The maximum absolute atomic E-state index is 3.62. The minimum Gasteiger partial charge on any atom is -0.309 e. The van der Waals surface area contributed by atoms with E-state index in [1.165, 1.54) is 33.9 Å². The Balaban J connectivity index is 1.81. The molecule has 118 valence electrons. The molecule has 0 spiro atoms. The molecule has 1 N–H and O–H groups in total. The molecule has 0 unspecified atom stereocenters. The normalized spacial score (nSPS) is 11.0. The first-order chi connectivity index (χ1) is 11.3. The summed E-state index contributed by atoms with van der Waals surface area (Å²) in [6.45, 7) is 4.03. The Morgan fingerprint density at radius 2 is 1.78 bits per heavy atom. The van der Waals surface area contributed by atoms with Crippen LogP contribution in [0.3, 0.4) is 0 Å². The number of hydrogen-bond acceptors (Lipinski definition) is 1. The van der Waals surface area contributed by atoms with E-state index in [2.05, 4.69) is 88.8 Å². The van der Waals surface area contributed by atoms with Gasteiger partial charge in [-0.3, -0.25) is 0 Å². The van der Waals surface area contributed by atoms with Crippen LogP contribution in [0.1, 0.15) is 30.0 Å². The largest absolute Gasteiger partial charge is 0.309 e. The summed E-state index contributed by atoms with van der Waals surface area (Å²) in [5.74, 6) is 0. The van der Waals surface area contributed by atoms with Gasteiger partial charge in [-0.2, -0.15) is 0 Å². The highest BCUT2D eigenvalue weighted by Gasteiger charge is 2.07. The lowest BCUT2D eigenvalue weighted by Crippen LogP contribution is -2.14. The highest BCUT2D eigenvalue weighted by atomic mass is 79.9.